The number of hydrogen-bond acceptors (Lipinski definition) is 6. The lowest BCUT2D eigenvalue weighted by Crippen LogP contribution is -2.38. The summed E-state index contributed by atoms with van der Waals surface area (Å²) in [4.78, 5) is 29.9. The molecule has 0 aliphatic carbocycles. The first kappa shape index (κ1) is 24.3. The molecular weight excluding hydrogens is 420 g/mol. The van der Waals surface area contributed by atoms with Crippen LogP contribution in [0.25, 0.3) is 5.76 Å². The Morgan fingerprint density at radius 2 is 1.58 bits per heavy atom. The lowest BCUT2D eigenvalue weighted by Gasteiger charge is -2.28. The summed E-state index contributed by atoms with van der Waals surface area (Å²) in [6.45, 7) is 9.25. The number of amides is 1. The second-order valence-corrected chi connectivity index (χ2v) is 7.75. The molecule has 3 rings (SSSR count). The van der Waals surface area contributed by atoms with Crippen molar-refractivity contribution in [2.24, 2.45) is 0 Å². The summed E-state index contributed by atoms with van der Waals surface area (Å²) in [5.41, 5.74) is 1.29. The highest BCUT2D eigenvalue weighted by Gasteiger charge is 2.45. The fraction of sp³-hybridized carbons (Fsp3) is 0.385. The maximum Gasteiger partial charge on any atom is 0.295 e. The van der Waals surface area contributed by atoms with Crippen molar-refractivity contribution < 1.29 is 24.2 Å². The number of likely N-dealkylation sites (tertiary alicyclic amines) is 1. The first-order chi connectivity index (χ1) is 15.9. The van der Waals surface area contributed by atoms with Gasteiger partial charge >= 0.3 is 0 Å². The minimum absolute atomic E-state index is 0.0915. The van der Waals surface area contributed by atoms with Crippen LogP contribution in [0.15, 0.2) is 54.1 Å². The first-order valence-corrected chi connectivity index (χ1v) is 11.3. The van der Waals surface area contributed by atoms with E-state index in [-0.39, 0.29) is 11.3 Å². The van der Waals surface area contributed by atoms with Crippen LogP contribution in [0.2, 0.25) is 0 Å². The number of carbonyl (C=O) groups is 2. The summed E-state index contributed by atoms with van der Waals surface area (Å²) in [6, 6.07) is 13.4. The van der Waals surface area contributed by atoms with E-state index in [0.29, 0.717) is 36.8 Å². The molecule has 0 saturated carbocycles. The molecule has 0 aromatic heterocycles. The first-order valence-electron chi connectivity index (χ1n) is 11.3. The predicted molar refractivity (Wildman–Crippen MR) is 127 cm³/mol. The van der Waals surface area contributed by atoms with E-state index >= 15 is 0 Å². The molecule has 2 aromatic rings. The number of methoxy groups -OCH3 is 1. The highest BCUT2D eigenvalue weighted by atomic mass is 16.5. The third-order valence-corrected chi connectivity index (χ3v) is 5.96. The van der Waals surface area contributed by atoms with Crippen LogP contribution >= 0.6 is 0 Å². The molecule has 1 saturated heterocycles. The Morgan fingerprint density at radius 1 is 0.970 bits per heavy atom. The van der Waals surface area contributed by atoms with Gasteiger partial charge in [0.25, 0.3) is 11.7 Å². The van der Waals surface area contributed by atoms with Gasteiger partial charge in [-0.05, 0) is 62.0 Å². The fourth-order valence-electron chi connectivity index (χ4n) is 4.06. The van der Waals surface area contributed by atoms with Gasteiger partial charge < -0.3 is 24.4 Å². The van der Waals surface area contributed by atoms with Crippen LogP contribution in [-0.4, -0.2) is 66.5 Å². The zero-order valence-corrected chi connectivity index (χ0v) is 19.7. The van der Waals surface area contributed by atoms with E-state index < -0.39 is 17.7 Å². The average molecular weight is 453 g/mol. The zero-order chi connectivity index (χ0) is 24.0. The number of rotatable bonds is 10. The number of aliphatic hydroxyl groups is 1. The molecule has 33 heavy (non-hydrogen) atoms. The molecule has 0 spiro atoms. The Balaban J connectivity index is 2.05. The molecule has 7 heteroatoms. The molecular formula is C26H32N2O5. The SMILES string of the molecule is CCOc1ccc(/C(O)=C2/C(=O)C(=O)N(CCN(CC)CC)C2c2ccc(OC)cc2)cc1. The van der Waals surface area contributed by atoms with Crippen molar-refractivity contribution in [1.29, 1.82) is 0 Å². The number of benzene rings is 2. The van der Waals surface area contributed by atoms with Gasteiger partial charge in [0.2, 0.25) is 0 Å². The summed E-state index contributed by atoms with van der Waals surface area (Å²) in [7, 11) is 1.58. The molecule has 176 valence electrons. The van der Waals surface area contributed by atoms with E-state index in [1.54, 1.807) is 48.4 Å². The minimum atomic E-state index is -0.682. The molecule has 7 nitrogen and oxygen atoms in total. The smallest absolute Gasteiger partial charge is 0.295 e. The van der Waals surface area contributed by atoms with Crippen molar-refractivity contribution in [1.82, 2.24) is 9.80 Å². The maximum absolute atomic E-state index is 13.1. The Hall–Kier alpha value is -3.32. The maximum atomic E-state index is 13.1. The van der Waals surface area contributed by atoms with Gasteiger partial charge in [-0.15, -0.1) is 0 Å². The van der Waals surface area contributed by atoms with Crippen molar-refractivity contribution in [2.45, 2.75) is 26.8 Å². The van der Waals surface area contributed by atoms with Crippen molar-refractivity contribution in [2.75, 3.05) is 39.9 Å². The molecule has 0 bridgehead atoms. The molecule has 2 aromatic carbocycles. The second-order valence-electron chi connectivity index (χ2n) is 7.75. The largest absolute Gasteiger partial charge is 0.507 e. The third-order valence-electron chi connectivity index (χ3n) is 5.96. The van der Waals surface area contributed by atoms with Crippen molar-refractivity contribution in [3.8, 4) is 11.5 Å². The third kappa shape index (κ3) is 5.20. The minimum Gasteiger partial charge on any atom is -0.507 e. The summed E-state index contributed by atoms with van der Waals surface area (Å²) in [5, 5.41) is 11.2. The van der Waals surface area contributed by atoms with Crippen LogP contribution in [0.1, 0.15) is 37.9 Å². The molecule has 1 unspecified atom stereocenters. The normalized spacial score (nSPS) is 17.6. The Bertz CT molecular complexity index is 994. The van der Waals surface area contributed by atoms with Gasteiger partial charge in [0, 0.05) is 18.7 Å². The van der Waals surface area contributed by atoms with Gasteiger partial charge in [-0.2, -0.15) is 0 Å². The van der Waals surface area contributed by atoms with Gasteiger partial charge in [-0.25, -0.2) is 0 Å². The summed E-state index contributed by atoms with van der Waals surface area (Å²) < 4.78 is 10.7. The van der Waals surface area contributed by atoms with Crippen molar-refractivity contribution in [3.05, 3.63) is 65.2 Å². The van der Waals surface area contributed by atoms with E-state index in [4.69, 9.17) is 9.47 Å². The average Bonchev–Trinajstić information content (AvgIpc) is 3.10. The quantitative estimate of drug-likeness (QED) is 0.335. The number of nitrogens with zero attached hydrogens (tertiary/aromatic N) is 2. The summed E-state index contributed by atoms with van der Waals surface area (Å²) in [5.74, 6) is -0.134. The molecule has 1 fully saturated rings. The number of aliphatic hydroxyl groups excluding tert-OH is 1. The van der Waals surface area contributed by atoms with Crippen LogP contribution < -0.4 is 9.47 Å². The van der Waals surface area contributed by atoms with Gasteiger partial charge in [-0.1, -0.05) is 26.0 Å². The Morgan fingerprint density at radius 3 is 2.12 bits per heavy atom. The van der Waals surface area contributed by atoms with Crippen LogP contribution in [0, 0.1) is 0 Å². The van der Waals surface area contributed by atoms with Gasteiger partial charge in [0.05, 0.1) is 25.3 Å². The van der Waals surface area contributed by atoms with E-state index in [1.165, 1.54) is 0 Å². The molecule has 1 aliphatic rings. The summed E-state index contributed by atoms with van der Waals surface area (Å²) in [6.07, 6.45) is 0. The summed E-state index contributed by atoms with van der Waals surface area (Å²) >= 11 is 0. The molecule has 1 heterocycles. The standard InChI is InChI=1S/C26H32N2O5/c1-5-27(6-2)16-17-28-23(18-8-12-20(32-4)13-9-18)22(25(30)26(28)31)24(29)19-10-14-21(15-11-19)33-7-3/h8-15,23,29H,5-7,16-17H2,1-4H3/b24-22-. The number of ether oxygens (including phenoxy) is 2. The number of Topliss-reactive ketones (excluding diaryl/α,β-unsaturated/α-hetero) is 1. The molecule has 1 aliphatic heterocycles. The lowest BCUT2D eigenvalue weighted by molar-refractivity contribution is -0.140. The molecule has 1 atom stereocenters. The number of ketones is 1. The van der Waals surface area contributed by atoms with Gasteiger partial charge in [0.1, 0.15) is 17.3 Å². The predicted octanol–water partition coefficient (Wildman–Crippen LogP) is 3.86. The van der Waals surface area contributed by atoms with E-state index in [9.17, 15) is 14.7 Å². The fourth-order valence-corrected chi connectivity index (χ4v) is 4.06. The van der Waals surface area contributed by atoms with Gasteiger partial charge in [-0.3, -0.25) is 9.59 Å². The lowest BCUT2D eigenvalue weighted by atomic mass is 9.95. The van der Waals surface area contributed by atoms with Crippen LogP contribution in [0.4, 0.5) is 0 Å². The topological polar surface area (TPSA) is 79.3 Å². The van der Waals surface area contributed by atoms with Gasteiger partial charge in [0.15, 0.2) is 0 Å². The van der Waals surface area contributed by atoms with Crippen LogP contribution in [-0.2, 0) is 9.59 Å². The highest BCUT2D eigenvalue weighted by molar-refractivity contribution is 6.46. The number of hydrogen-bond donors (Lipinski definition) is 1. The second kappa shape index (κ2) is 11.0. The zero-order valence-electron chi connectivity index (χ0n) is 19.7. The van der Waals surface area contributed by atoms with E-state index in [1.807, 2.05) is 19.1 Å². The molecule has 1 amide bonds. The monoisotopic (exact) mass is 452 g/mol. The molecule has 0 radical (unpaired) electrons. The van der Waals surface area contributed by atoms with Crippen molar-refractivity contribution >= 4 is 17.4 Å². The van der Waals surface area contributed by atoms with Crippen LogP contribution in [0.3, 0.4) is 0 Å². The molecule has 1 N–H and O–H groups in total. The Labute approximate surface area is 195 Å². The highest BCUT2D eigenvalue weighted by Crippen LogP contribution is 2.39. The Kier molecular flexibility index (Phi) is 8.11. The number of likely N-dealkylation sites (N-methyl/N-ethyl adjacent to an activating group) is 1. The van der Waals surface area contributed by atoms with E-state index in [0.717, 1.165) is 18.7 Å². The van der Waals surface area contributed by atoms with Crippen molar-refractivity contribution in [3.63, 3.8) is 0 Å². The number of carbonyl (C=O) groups excluding carboxylic acids is 2. The van der Waals surface area contributed by atoms with Crippen LogP contribution in [0.5, 0.6) is 11.5 Å². The van der Waals surface area contributed by atoms with E-state index in [2.05, 4.69) is 18.7 Å².